The Balaban J connectivity index is 2.13. The molecule has 0 aromatic heterocycles. The van der Waals surface area contributed by atoms with E-state index in [-0.39, 0.29) is 5.92 Å². The molecule has 0 amide bonds. The van der Waals surface area contributed by atoms with Gasteiger partial charge >= 0.3 is 5.97 Å². The highest BCUT2D eigenvalue weighted by molar-refractivity contribution is 5.69. The van der Waals surface area contributed by atoms with Crippen LogP contribution in [0.1, 0.15) is 38.7 Å². The van der Waals surface area contributed by atoms with Gasteiger partial charge in [-0.15, -0.1) is 0 Å². The van der Waals surface area contributed by atoms with Crippen molar-refractivity contribution in [3.8, 4) is 0 Å². The number of benzene rings is 1. The van der Waals surface area contributed by atoms with Crippen LogP contribution in [-0.2, 0) is 4.79 Å². The summed E-state index contributed by atoms with van der Waals surface area (Å²) in [6.45, 7) is 4.75. The molecule has 3 nitrogen and oxygen atoms in total. The Morgan fingerprint density at radius 2 is 1.95 bits per heavy atom. The first-order valence-corrected chi connectivity index (χ1v) is 7.27. The van der Waals surface area contributed by atoms with Gasteiger partial charge in [-0.1, -0.05) is 55.8 Å². The minimum atomic E-state index is -0.698. The number of nitrogens with one attached hydrogen (secondary N) is 1. The highest BCUT2D eigenvalue weighted by atomic mass is 16.4. The van der Waals surface area contributed by atoms with Crippen LogP contribution in [-0.4, -0.2) is 23.7 Å². The van der Waals surface area contributed by atoms with Crippen molar-refractivity contribution in [2.75, 3.05) is 6.54 Å². The van der Waals surface area contributed by atoms with Crippen LogP contribution >= 0.6 is 0 Å². The van der Waals surface area contributed by atoms with Gasteiger partial charge in [-0.05, 0) is 25.3 Å². The predicted octanol–water partition coefficient (Wildman–Crippen LogP) is 3.57. The van der Waals surface area contributed by atoms with Gasteiger partial charge in [0.15, 0.2) is 0 Å². The van der Waals surface area contributed by atoms with Crippen LogP contribution in [0.25, 0.3) is 6.08 Å². The van der Waals surface area contributed by atoms with E-state index < -0.39 is 5.97 Å². The molecular formula is C17H25NO2. The molecule has 0 saturated heterocycles. The standard InChI is InChI=1S/C17H25NO2/c1-14(17(19)20)8-6-9-15(2)18-13-7-12-16-10-4-3-5-11-16/h3-5,7,10-12,14-15,18H,6,8-9,13H2,1-2H3,(H,19,20). The molecule has 0 aliphatic heterocycles. The van der Waals surface area contributed by atoms with Crippen LogP contribution in [0.4, 0.5) is 0 Å². The average Bonchev–Trinajstić information content (AvgIpc) is 2.44. The fourth-order valence-corrected chi connectivity index (χ4v) is 1.98. The topological polar surface area (TPSA) is 49.3 Å². The second-order valence-electron chi connectivity index (χ2n) is 5.29. The fourth-order valence-electron chi connectivity index (χ4n) is 1.98. The fraction of sp³-hybridized carbons (Fsp3) is 0.471. The smallest absolute Gasteiger partial charge is 0.306 e. The minimum absolute atomic E-state index is 0.236. The van der Waals surface area contributed by atoms with Gasteiger partial charge in [0, 0.05) is 12.6 Å². The maximum absolute atomic E-state index is 10.7. The Morgan fingerprint density at radius 3 is 2.60 bits per heavy atom. The molecule has 110 valence electrons. The molecule has 20 heavy (non-hydrogen) atoms. The highest BCUT2D eigenvalue weighted by Crippen LogP contribution is 2.09. The Morgan fingerprint density at radius 1 is 1.25 bits per heavy atom. The van der Waals surface area contributed by atoms with E-state index in [1.165, 1.54) is 5.56 Å². The number of carboxylic acid groups (broad SMARTS) is 1. The highest BCUT2D eigenvalue weighted by Gasteiger charge is 2.10. The lowest BCUT2D eigenvalue weighted by Crippen LogP contribution is -2.26. The van der Waals surface area contributed by atoms with E-state index in [4.69, 9.17) is 5.11 Å². The first kappa shape index (κ1) is 16.4. The van der Waals surface area contributed by atoms with Gasteiger partial charge in [0.2, 0.25) is 0 Å². The molecule has 0 bridgehead atoms. The monoisotopic (exact) mass is 275 g/mol. The lowest BCUT2D eigenvalue weighted by atomic mass is 10.0. The van der Waals surface area contributed by atoms with Crippen molar-refractivity contribution >= 4 is 12.0 Å². The largest absolute Gasteiger partial charge is 0.481 e. The maximum Gasteiger partial charge on any atom is 0.306 e. The summed E-state index contributed by atoms with van der Waals surface area (Å²) in [5.41, 5.74) is 1.21. The molecule has 1 rings (SSSR count). The van der Waals surface area contributed by atoms with Crippen molar-refractivity contribution in [2.24, 2.45) is 5.92 Å². The molecule has 3 heteroatoms. The molecule has 1 aromatic carbocycles. The Bertz CT molecular complexity index is 414. The summed E-state index contributed by atoms with van der Waals surface area (Å²) < 4.78 is 0. The van der Waals surface area contributed by atoms with Crippen LogP contribution < -0.4 is 5.32 Å². The van der Waals surface area contributed by atoms with Crippen LogP contribution in [0.3, 0.4) is 0 Å². The van der Waals surface area contributed by atoms with Gasteiger partial charge < -0.3 is 10.4 Å². The van der Waals surface area contributed by atoms with E-state index in [1.807, 2.05) is 18.2 Å². The van der Waals surface area contributed by atoms with Gasteiger partial charge in [0.1, 0.15) is 0 Å². The summed E-state index contributed by atoms with van der Waals surface area (Å²) in [5.74, 6) is -0.934. The molecule has 2 atom stereocenters. The molecule has 0 aliphatic carbocycles. The molecule has 0 aliphatic rings. The van der Waals surface area contributed by atoms with Crippen LogP contribution in [0.5, 0.6) is 0 Å². The van der Waals surface area contributed by atoms with E-state index in [2.05, 4.69) is 36.5 Å². The third-order valence-corrected chi connectivity index (χ3v) is 3.39. The second-order valence-corrected chi connectivity index (χ2v) is 5.29. The van der Waals surface area contributed by atoms with E-state index in [9.17, 15) is 4.79 Å². The van der Waals surface area contributed by atoms with Crippen molar-refractivity contribution in [1.29, 1.82) is 0 Å². The molecule has 2 unspecified atom stereocenters. The third-order valence-electron chi connectivity index (χ3n) is 3.39. The van der Waals surface area contributed by atoms with E-state index in [1.54, 1.807) is 6.92 Å². The predicted molar refractivity (Wildman–Crippen MR) is 83.6 cm³/mol. The number of carboxylic acids is 1. The summed E-state index contributed by atoms with van der Waals surface area (Å²) in [4.78, 5) is 10.7. The van der Waals surface area contributed by atoms with E-state index >= 15 is 0 Å². The van der Waals surface area contributed by atoms with Crippen molar-refractivity contribution in [3.05, 3.63) is 42.0 Å². The van der Waals surface area contributed by atoms with Crippen molar-refractivity contribution in [2.45, 2.75) is 39.2 Å². The number of aliphatic carboxylic acids is 1. The molecule has 0 radical (unpaired) electrons. The molecule has 1 aromatic rings. The zero-order valence-corrected chi connectivity index (χ0v) is 12.4. The number of hydrogen-bond donors (Lipinski definition) is 2. The van der Waals surface area contributed by atoms with Crippen LogP contribution in [0.15, 0.2) is 36.4 Å². The number of rotatable bonds is 9. The van der Waals surface area contributed by atoms with Gasteiger partial charge in [-0.3, -0.25) is 4.79 Å². The lowest BCUT2D eigenvalue weighted by Gasteiger charge is -2.13. The van der Waals surface area contributed by atoms with Crippen LogP contribution in [0.2, 0.25) is 0 Å². The SMILES string of the molecule is CC(CCCC(C)C(=O)O)NCC=Cc1ccccc1. The molecule has 0 fully saturated rings. The van der Waals surface area contributed by atoms with Crippen molar-refractivity contribution in [3.63, 3.8) is 0 Å². The van der Waals surface area contributed by atoms with Crippen LogP contribution in [0, 0.1) is 5.92 Å². The Kier molecular flexibility index (Phi) is 7.66. The normalized spacial score (nSPS) is 14.3. The quantitative estimate of drug-likeness (QED) is 0.724. The van der Waals surface area contributed by atoms with Gasteiger partial charge in [0.05, 0.1) is 5.92 Å². The molecule has 0 heterocycles. The lowest BCUT2D eigenvalue weighted by molar-refractivity contribution is -0.141. The van der Waals surface area contributed by atoms with E-state index in [0.29, 0.717) is 6.04 Å². The minimum Gasteiger partial charge on any atom is -0.481 e. The Hall–Kier alpha value is -1.61. The average molecular weight is 275 g/mol. The molecule has 0 spiro atoms. The number of carbonyl (C=O) groups is 1. The Labute approximate surface area is 121 Å². The molecular weight excluding hydrogens is 250 g/mol. The van der Waals surface area contributed by atoms with E-state index in [0.717, 1.165) is 25.8 Å². The zero-order chi connectivity index (χ0) is 14.8. The molecule has 2 N–H and O–H groups in total. The summed E-state index contributed by atoms with van der Waals surface area (Å²) in [7, 11) is 0. The maximum atomic E-state index is 10.7. The summed E-state index contributed by atoms with van der Waals surface area (Å²) in [6.07, 6.45) is 6.93. The number of hydrogen-bond acceptors (Lipinski definition) is 2. The summed E-state index contributed by atoms with van der Waals surface area (Å²) in [5, 5.41) is 12.2. The summed E-state index contributed by atoms with van der Waals surface area (Å²) >= 11 is 0. The van der Waals surface area contributed by atoms with Crippen molar-refractivity contribution in [1.82, 2.24) is 5.32 Å². The molecule has 0 saturated carbocycles. The van der Waals surface area contributed by atoms with Gasteiger partial charge in [-0.25, -0.2) is 0 Å². The van der Waals surface area contributed by atoms with Gasteiger partial charge in [0.25, 0.3) is 0 Å². The third kappa shape index (κ3) is 7.10. The van der Waals surface area contributed by atoms with Crippen molar-refractivity contribution < 1.29 is 9.90 Å². The first-order valence-electron chi connectivity index (χ1n) is 7.27. The summed E-state index contributed by atoms with van der Waals surface area (Å²) in [6, 6.07) is 10.6. The van der Waals surface area contributed by atoms with Gasteiger partial charge in [-0.2, -0.15) is 0 Å². The second kappa shape index (κ2) is 9.32. The first-order chi connectivity index (χ1) is 9.59. The zero-order valence-electron chi connectivity index (χ0n) is 12.4.